The second kappa shape index (κ2) is 6.19. The molecule has 0 spiro atoms. The van der Waals surface area contributed by atoms with E-state index in [1.807, 2.05) is 0 Å². The van der Waals surface area contributed by atoms with E-state index in [1.165, 1.54) is 0 Å². The largest absolute Gasteiger partial charge is 0.479 e. The number of carbonyl (C=O) groups excluding carboxylic acids is 3. The number of fused-ring (bicyclic) bond motifs is 2. The highest BCUT2D eigenvalue weighted by atomic mass is 16.4. The summed E-state index contributed by atoms with van der Waals surface area (Å²) in [5.74, 6) is -2.74. The van der Waals surface area contributed by atoms with Gasteiger partial charge in [0.2, 0.25) is 0 Å². The Hall–Kier alpha value is -2.78. The first-order chi connectivity index (χ1) is 12.5. The highest BCUT2D eigenvalue weighted by Crippen LogP contribution is 2.29. The molecule has 0 aromatic heterocycles. The summed E-state index contributed by atoms with van der Waals surface area (Å²) in [4.78, 5) is 51.1. The van der Waals surface area contributed by atoms with Crippen molar-refractivity contribution in [3.05, 3.63) is 35.4 Å². The lowest BCUT2D eigenvalue weighted by Crippen LogP contribution is -2.67. The summed E-state index contributed by atoms with van der Waals surface area (Å²) >= 11 is 0. The van der Waals surface area contributed by atoms with Crippen LogP contribution in [0.5, 0.6) is 0 Å². The highest BCUT2D eigenvalue weighted by Gasteiger charge is 2.49. The molecule has 9 heteroatoms. The number of imide groups is 1. The van der Waals surface area contributed by atoms with E-state index >= 15 is 0 Å². The van der Waals surface area contributed by atoms with Crippen LogP contribution in [-0.2, 0) is 9.59 Å². The predicted octanol–water partition coefficient (Wildman–Crippen LogP) is -0.495. The lowest BCUT2D eigenvalue weighted by molar-refractivity contribution is -0.178. The fraction of sp³-hybridized carbons (Fsp3) is 0.412. The number of carboxylic acid groups (broad SMARTS) is 1. The first kappa shape index (κ1) is 16.7. The molecular weight excluding hydrogens is 340 g/mol. The molecule has 0 radical (unpaired) electrons. The Morgan fingerprint density at radius 1 is 1.08 bits per heavy atom. The molecule has 3 aliphatic rings. The number of aliphatic carboxylic acids is 1. The molecule has 2 fully saturated rings. The fourth-order valence-corrected chi connectivity index (χ4v) is 3.81. The third-order valence-corrected chi connectivity index (χ3v) is 5.02. The van der Waals surface area contributed by atoms with Gasteiger partial charge in [-0.2, -0.15) is 0 Å². The molecule has 26 heavy (non-hydrogen) atoms. The van der Waals surface area contributed by atoms with Crippen molar-refractivity contribution in [2.45, 2.75) is 25.0 Å². The van der Waals surface area contributed by atoms with Gasteiger partial charge in [0.15, 0.2) is 6.17 Å². The lowest BCUT2D eigenvalue weighted by Gasteiger charge is -2.44. The van der Waals surface area contributed by atoms with Crippen LogP contribution in [0.4, 0.5) is 0 Å². The normalized spacial score (nSPS) is 26.5. The minimum absolute atomic E-state index is 0.275. The third kappa shape index (κ3) is 2.39. The maximum Gasteiger partial charge on any atom is 0.343 e. The molecule has 2 N–H and O–H groups in total. The van der Waals surface area contributed by atoms with Crippen molar-refractivity contribution in [1.29, 1.82) is 0 Å². The van der Waals surface area contributed by atoms with Crippen LogP contribution < -0.4 is 5.32 Å². The van der Waals surface area contributed by atoms with Crippen LogP contribution in [0.25, 0.3) is 0 Å². The molecule has 2 atom stereocenters. The third-order valence-electron chi connectivity index (χ3n) is 5.02. The van der Waals surface area contributed by atoms with Gasteiger partial charge in [-0.25, -0.2) is 14.8 Å². The summed E-state index contributed by atoms with van der Waals surface area (Å²) in [5, 5.41) is 15.2. The van der Waals surface area contributed by atoms with Crippen LogP contribution >= 0.6 is 0 Å². The zero-order valence-electron chi connectivity index (χ0n) is 13.9. The van der Waals surface area contributed by atoms with Crippen LogP contribution in [0.1, 0.15) is 33.6 Å². The van der Waals surface area contributed by atoms with Crippen molar-refractivity contribution in [2.75, 3.05) is 19.6 Å². The van der Waals surface area contributed by atoms with Gasteiger partial charge in [-0.1, -0.05) is 12.1 Å². The van der Waals surface area contributed by atoms with Crippen LogP contribution in [-0.4, -0.2) is 75.6 Å². The molecule has 1 aromatic carbocycles. The molecular formula is C17H18N4O5. The van der Waals surface area contributed by atoms with Gasteiger partial charge in [0, 0.05) is 13.1 Å². The number of amides is 3. The summed E-state index contributed by atoms with van der Waals surface area (Å²) in [6, 6.07) is 5.44. The zero-order valence-corrected chi connectivity index (χ0v) is 13.9. The second-order valence-corrected chi connectivity index (χ2v) is 6.52. The van der Waals surface area contributed by atoms with E-state index in [0.717, 1.165) is 9.91 Å². The molecule has 9 nitrogen and oxygen atoms in total. The van der Waals surface area contributed by atoms with Gasteiger partial charge in [0.25, 0.3) is 17.7 Å². The Balaban J connectivity index is 1.67. The number of hydrogen-bond donors (Lipinski definition) is 2. The monoisotopic (exact) mass is 358 g/mol. The smallest absolute Gasteiger partial charge is 0.343 e. The van der Waals surface area contributed by atoms with Crippen molar-refractivity contribution in [1.82, 2.24) is 20.2 Å². The maximum atomic E-state index is 13.1. The van der Waals surface area contributed by atoms with Gasteiger partial charge >= 0.3 is 5.97 Å². The summed E-state index contributed by atoms with van der Waals surface area (Å²) in [6.45, 7) is 1.40. The molecule has 3 aliphatic heterocycles. The van der Waals surface area contributed by atoms with Gasteiger partial charge in [-0.3, -0.25) is 24.6 Å². The van der Waals surface area contributed by atoms with Crippen molar-refractivity contribution < 1.29 is 24.3 Å². The number of benzene rings is 1. The van der Waals surface area contributed by atoms with Crippen LogP contribution in [0, 0.1) is 0 Å². The lowest BCUT2D eigenvalue weighted by atomic mass is 10.1. The molecule has 0 bridgehead atoms. The average molecular weight is 358 g/mol. The first-order valence-electron chi connectivity index (χ1n) is 8.51. The number of hydrazine groups is 1. The fourth-order valence-electron chi connectivity index (χ4n) is 3.81. The molecule has 2 unspecified atom stereocenters. The number of carbonyl (C=O) groups is 4. The molecule has 2 saturated heterocycles. The van der Waals surface area contributed by atoms with E-state index in [2.05, 4.69) is 5.32 Å². The van der Waals surface area contributed by atoms with E-state index in [9.17, 15) is 24.3 Å². The molecule has 1 aromatic rings. The quantitative estimate of drug-likeness (QED) is 0.686. The Kier molecular flexibility index (Phi) is 3.97. The average Bonchev–Trinajstić information content (AvgIpc) is 2.79. The minimum Gasteiger partial charge on any atom is -0.479 e. The molecule has 3 amide bonds. The number of carboxylic acids is 1. The highest BCUT2D eigenvalue weighted by molar-refractivity contribution is 6.22. The molecule has 4 rings (SSSR count). The van der Waals surface area contributed by atoms with Gasteiger partial charge in [-0.05, 0) is 31.5 Å². The van der Waals surface area contributed by atoms with Crippen molar-refractivity contribution >= 4 is 23.7 Å². The second-order valence-electron chi connectivity index (χ2n) is 6.52. The summed E-state index contributed by atoms with van der Waals surface area (Å²) in [5.41, 5.74) is 0.549. The maximum absolute atomic E-state index is 13.1. The Bertz CT molecular complexity index is 775. The molecule has 0 aliphatic carbocycles. The van der Waals surface area contributed by atoms with Crippen molar-refractivity contribution in [3.8, 4) is 0 Å². The van der Waals surface area contributed by atoms with Crippen molar-refractivity contribution in [2.24, 2.45) is 0 Å². The number of nitrogens with zero attached hydrogens (tertiary/aromatic N) is 3. The topological polar surface area (TPSA) is 110 Å². The summed E-state index contributed by atoms with van der Waals surface area (Å²) < 4.78 is 0. The first-order valence-corrected chi connectivity index (χ1v) is 8.51. The van der Waals surface area contributed by atoms with E-state index in [4.69, 9.17) is 0 Å². The van der Waals surface area contributed by atoms with E-state index in [1.54, 1.807) is 29.3 Å². The predicted molar refractivity (Wildman–Crippen MR) is 87.8 cm³/mol. The minimum atomic E-state index is -1.21. The van der Waals surface area contributed by atoms with Gasteiger partial charge in [0.05, 0.1) is 11.1 Å². The van der Waals surface area contributed by atoms with E-state index < -0.39 is 35.9 Å². The molecule has 0 saturated carbocycles. The van der Waals surface area contributed by atoms with E-state index in [0.29, 0.717) is 26.1 Å². The van der Waals surface area contributed by atoms with Crippen molar-refractivity contribution in [3.63, 3.8) is 0 Å². The Morgan fingerprint density at radius 3 is 2.35 bits per heavy atom. The molecule has 136 valence electrons. The zero-order chi connectivity index (χ0) is 18.4. The van der Waals surface area contributed by atoms with E-state index in [-0.39, 0.29) is 17.5 Å². The summed E-state index contributed by atoms with van der Waals surface area (Å²) in [6.07, 6.45) is -0.221. The van der Waals surface area contributed by atoms with Gasteiger partial charge in [-0.15, -0.1) is 0 Å². The van der Waals surface area contributed by atoms with Crippen LogP contribution in [0.2, 0.25) is 0 Å². The van der Waals surface area contributed by atoms with Gasteiger partial charge in [0.1, 0.15) is 6.04 Å². The number of hydrogen-bond acceptors (Lipinski definition) is 6. The SMILES string of the molecule is O=C(O)C1NCCCN2CCC(N3C(=O)c4ccccc4C3=O)C(=O)N12. The number of rotatable bonds is 2. The Labute approximate surface area is 149 Å². The summed E-state index contributed by atoms with van der Waals surface area (Å²) in [7, 11) is 0. The number of nitrogens with one attached hydrogen (secondary N) is 1. The Morgan fingerprint density at radius 2 is 1.73 bits per heavy atom. The standard InChI is InChI=1S/C17H18N4O5/c22-14-10-4-1-2-5-11(10)15(23)20(14)12-6-9-19-8-3-7-18-13(17(25)26)21(19)16(12)24/h1-2,4-5,12-13,18H,3,6-9H2,(H,25,26). The van der Waals surface area contributed by atoms with Crippen LogP contribution in [0.15, 0.2) is 24.3 Å². The molecule has 3 heterocycles. The van der Waals surface area contributed by atoms with Crippen LogP contribution in [0.3, 0.4) is 0 Å². The van der Waals surface area contributed by atoms with Gasteiger partial charge < -0.3 is 5.11 Å².